The first-order valence-corrected chi connectivity index (χ1v) is 10.5. The van der Waals surface area contributed by atoms with Gasteiger partial charge in [0.1, 0.15) is 5.00 Å². The van der Waals surface area contributed by atoms with E-state index in [1.54, 1.807) is 6.20 Å². The summed E-state index contributed by atoms with van der Waals surface area (Å²) in [4.78, 5) is 30.4. The molecule has 2 aromatic heterocycles. The van der Waals surface area contributed by atoms with Crippen molar-refractivity contribution >= 4 is 40.0 Å². The highest BCUT2D eigenvalue weighted by Gasteiger charge is 2.27. The number of thiophene rings is 1. The predicted molar refractivity (Wildman–Crippen MR) is 104 cm³/mol. The molecule has 0 saturated heterocycles. The summed E-state index contributed by atoms with van der Waals surface area (Å²) in [5.41, 5.74) is 1.60. The molecule has 6 nitrogen and oxygen atoms in total. The fourth-order valence-corrected chi connectivity index (χ4v) is 4.95. The Morgan fingerprint density at radius 2 is 2.15 bits per heavy atom. The highest BCUT2D eigenvalue weighted by molar-refractivity contribution is 7.99. The van der Waals surface area contributed by atoms with Crippen LogP contribution in [0.4, 0.5) is 5.00 Å². The number of nitrogens with one attached hydrogen (secondary N) is 1. The van der Waals surface area contributed by atoms with Crippen LogP contribution in [0.3, 0.4) is 0 Å². The minimum Gasteiger partial charge on any atom is -0.459 e. The van der Waals surface area contributed by atoms with Gasteiger partial charge < -0.3 is 14.6 Å². The lowest BCUT2D eigenvalue weighted by Crippen LogP contribution is -2.19. The Kier molecular flexibility index (Phi) is 6.03. The highest BCUT2D eigenvalue weighted by atomic mass is 32.2. The van der Waals surface area contributed by atoms with Gasteiger partial charge in [0.25, 0.3) is 0 Å². The molecule has 0 aliphatic heterocycles. The minimum absolute atomic E-state index is 0.143. The van der Waals surface area contributed by atoms with E-state index in [0.29, 0.717) is 10.6 Å². The summed E-state index contributed by atoms with van der Waals surface area (Å²) in [6, 6.07) is 0. The summed E-state index contributed by atoms with van der Waals surface area (Å²) >= 11 is 2.88. The van der Waals surface area contributed by atoms with Gasteiger partial charge in [-0.25, -0.2) is 9.78 Å². The van der Waals surface area contributed by atoms with E-state index in [-0.39, 0.29) is 23.7 Å². The minimum atomic E-state index is -0.341. The van der Waals surface area contributed by atoms with Crippen LogP contribution in [0.2, 0.25) is 0 Å². The third kappa shape index (κ3) is 4.29. The Bertz CT molecular complexity index is 811. The summed E-state index contributed by atoms with van der Waals surface area (Å²) in [7, 11) is 1.89. The monoisotopic (exact) mass is 393 g/mol. The lowest BCUT2D eigenvalue weighted by Gasteiger charge is -2.14. The van der Waals surface area contributed by atoms with Crippen molar-refractivity contribution in [1.29, 1.82) is 0 Å². The summed E-state index contributed by atoms with van der Waals surface area (Å²) < 4.78 is 7.28. The molecule has 2 aromatic rings. The van der Waals surface area contributed by atoms with Crippen molar-refractivity contribution in [3.05, 3.63) is 28.4 Å². The lowest BCUT2D eigenvalue weighted by atomic mass is 9.95. The summed E-state index contributed by atoms with van der Waals surface area (Å²) in [5, 5.41) is 4.33. The molecule has 0 bridgehead atoms. The number of aryl methyl sites for hydroxylation is 2. The zero-order valence-electron chi connectivity index (χ0n) is 15.2. The standard InChI is InChI=1S/C18H23N3O3S2/c1-11(2)24-17(23)15-12-6-4-5-7-13(12)26-16(15)20-14(22)10-25-18-19-8-9-21(18)3/h8-9,11H,4-7,10H2,1-3H3,(H,20,22). The zero-order valence-corrected chi connectivity index (χ0v) is 16.8. The first-order chi connectivity index (χ1) is 12.5. The molecule has 0 spiro atoms. The second kappa shape index (κ2) is 8.26. The van der Waals surface area contributed by atoms with Gasteiger partial charge in [-0.15, -0.1) is 11.3 Å². The molecule has 1 N–H and O–H groups in total. The summed E-state index contributed by atoms with van der Waals surface area (Å²) in [6.07, 6.45) is 7.36. The number of aromatic nitrogens is 2. The molecule has 3 rings (SSSR count). The Hall–Kier alpha value is -1.80. The molecule has 140 valence electrons. The first kappa shape index (κ1) is 19.0. The molecule has 0 fully saturated rings. The van der Waals surface area contributed by atoms with Crippen molar-refractivity contribution in [2.24, 2.45) is 7.05 Å². The second-order valence-electron chi connectivity index (χ2n) is 6.53. The molecule has 2 heterocycles. The van der Waals surface area contributed by atoms with E-state index in [4.69, 9.17) is 4.74 Å². The van der Waals surface area contributed by atoms with Crippen molar-refractivity contribution in [3.8, 4) is 0 Å². The number of fused-ring (bicyclic) bond motifs is 1. The molecular weight excluding hydrogens is 370 g/mol. The molecule has 0 saturated carbocycles. The number of hydrogen-bond donors (Lipinski definition) is 1. The van der Waals surface area contributed by atoms with Crippen LogP contribution in [0.15, 0.2) is 17.6 Å². The Morgan fingerprint density at radius 3 is 2.85 bits per heavy atom. The normalized spacial score (nSPS) is 13.5. The van der Waals surface area contributed by atoms with Crippen LogP contribution >= 0.6 is 23.1 Å². The van der Waals surface area contributed by atoms with Gasteiger partial charge in [0, 0.05) is 24.3 Å². The van der Waals surface area contributed by atoms with E-state index in [2.05, 4.69) is 10.3 Å². The number of carbonyl (C=O) groups is 2. The number of carbonyl (C=O) groups excluding carboxylic acids is 2. The van der Waals surface area contributed by atoms with E-state index in [0.717, 1.165) is 36.4 Å². The molecular formula is C18H23N3O3S2. The molecule has 1 amide bonds. The van der Waals surface area contributed by atoms with Crippen LogP contribution in [-0.2, 0) is 29.4 Å². The van der Waals surface area contributed by atoms with E-state index < -0.39 is 0 Å². The van der Waals surface area contributed by atoms with Crippen molar-refractivity contribution in [1.82, 2.24) is 9.55 Å². The maximum absolute atomic E-state index is 12.6. The van der Waals surface area contributed by atoms with Crippen LogP contribution in [0, 0.1) is 0 Å². The largest absolute Gasteiger partial charge is 0.459 e. The number of nitrogens with zero attached hydrogens (tertiary/aromatic N) is 2. The Labute approximate surface area is 161 Å². The molecule has 1 aliphatic carbocycles. The van der Waals surface area contributed by atoms with Crippen LogP contribution < -0.4 is 5.32 Å². The van der Waals surface area contributed by atoms with Crippen LogP contribution in [0.5, 0.6) is 0 Å². The Morgan fingerprint density at radius 1 is 1.38 bits per heavy atom. The maximum atomic E-state index is 12.6. The van der Waals surface area contributed by atoms with E-state index in [1.807, 2.05) is 31.7 Å². The van der Waals surface area contributed by atoms with Gasteiger partial charge in [-0.05, 0) is 45.1 Å². The van der Waals surface area contributed by atoms with Gasteiger partial charge >= 0.3 is 5.97 Å². The number of esters is 1. The smallest absolute Gasteiger partial charge is 0.341 e. The molecule has 8 heteroatoms. The molecule has 1 aliphatic rings. The zero-order chi connectivity index (χ0) is 18.7. The van der Waals surface area contributed by atoms with Crippen LogP contribution in [0.1, 0.15) is 47.5 Å². The maximum Gasteiger partial charge on any atom is 0.341 e. The van der Waals surface area contributed by atoms with Gasteiger partial charge in [-0.2, -0.15) is 0 Å². The predicted octanol–water partition coefficient (Wildman–Crippen LogP) is 3.66. The van der Waals surface area contributed by atoms with Gasteiger partial charge in [-0.1, -0.05) is 11.8 Å². The van der Waals surface area contributed by atoms with Gasteiger partial charge in [-0.3, -0.25) is 4.79 Å². The fourth-order valence-electron chi connectivity index (χ4n) is 2.93. The number of hydrogen-bond acceptors (Lipinski definition) is 6. The number of amides is 1. The highest BCUT2D eigenvalue weighted by Crippen LogP contribution is 2.38. The number of anilines is 1. The molecule has 0 aromatic carbocycles. The number of thioether (sulfide) groups is 1. The molecule has 0 unspecified atom stereocenters. The molecule has 26 heavy (non-hydrogen) atoms. The second-order valence-corrected chi connectivity index (χ2v) is 8.57. The molecule has 0 radical (unpaired) electrons. The van der Waals surface area contributed by atoms with Gasteiger partial charge in [0.05, 0.1) is 17.4 Å². The summed E-state index contributed by atoms with van der Waals surface area (Å²) in [6.45, 7) is 3.66. The van der Waals surface area contributed by atoms with Gasteiger partial charge in [0.15, 0.2) is 5.16 Å². The average Bonchev–Trinajstić information content (AvgIpc) is 3.15. The van der Waals surface area contributed by atoms with Crippen molar-refractivity contribution in [2.75, 3.05) is 11.1 Å². The van der Waals surface area contributed by atoms with E-state index >= 15 is 0 Å². The first-order valence-electron chi connectivity index (χ1n) is 8.71. The topological polar surface area (TPSA) is 73.2 Å². The molecule has 0 atom stereocenters. The van der Waals surface area contributed by atoms with E-state index in [1.165, 1.54) is 28.0 Å². The summed E-state index contributed by atoms with van der Waals surface area (Å²) in [5.74, 6) is -0.242. The lowest BCUT2D eigenvalue weighted by molar-refractivity contribution is -0.113. The quantitative estimate of drug-likeness (QED) is 0.599. The van der Waals surface area contributed by atoms with Gasteiger partial charge in [0.2, 0.25) is 5.91 Å². The number of imidazole rings is 1. The van der Waals surface area contributed by atoms with Crippen molar-refractivity contribution in [2.45, 2.75) is 50.8 Å². The number of rotatable bonds is 6. The fraction of sp³-hybridized carbons (Fsp3) is 0.500. The SMILES string of the molecule is CC(C)OC(=O)c1c(NC(=O)CSc2nccn2C)sc2c1CCCC2. The van der Waals surface area contributed by atoms with Crippen molar-refractivity contribution < 1.29 is 14.3 Å². The average molecular weight is 394 g/mol. The Balaban J connectivity index is 1.75. The van der Waals surface area contributed by atoms with E-state index in [9.17, 15) is 9.59 Å². The number of ether oxygens (including phenoxy) is 1. The van der Waals surface area contributed by atoms with Crippen LogP contribution in [-0.4, -0.2) is 33.3 Å². The van der Waals surface area contributed by atoms with Crippen LogP contribution in [0.25, 0.3) is 0 Å². The third-order valence-electron chi connectivity index (χ3n) is 4.08. The third-order valence-corrected chi connectivity index (χ3v) is 6.35. The van der Waals surface area contributed by atoms with Crippen molar-refractivity contribution in [3.63, 3.8) is 0 Å².